The van der Waals surface area contributed by atoms with Gasteiger partial charge in [0.1, 0.15) is 0 Å². The molecule has 0 aromatic carbocycles. The zero-order chi connectivity index (χ0) is 17.9. The predicted octanol–water partition coefficient (Wildman–Crippen LogP) is -4.89. The second-order valence-corrected chi connectivity index (χ2v) is 2.49. The Kier molecular flexibility index (Phi) is 71.1. The van der Waals surface area contributed by atoms with E-state index in [0.29, 0.717) is 0 Å². The van der Waals surface area contributed by atoms with Gasteiger partial charge in [0.05, 0.1) is 0 Å². The van der Waals surface area contributed by atoms with Gasteiger partial charge in [0.25, 0.3) is 5.97 Å². The number of rotatable bonds is 0. The average Bonchev–Trinajstić information content (AvgIpc) is 1.94. The monoisotopic (exact) mass is 410 g/mol. The van der Waals surface area contributed by atoms with Gasteiger partial charge in [-0.1, -0.05) is 0 Å². The Morgan fingerprint density at radius 2 is 0.591 bits per heavy atom. The number of carbonyl (C=O) groups is 5. The number of aliphatic carboxylic acids is 5. The molecule has 0 rings (SSSR count). The fraction of sp³-hybridized carbons (Fsp3) is 0.500. The predicted molar refractivity (Wildman–Crippen MR) is 56.0 cm³/mol. The summed E-state index contributed by atoms with van der Waals surface area (Å²) < 4.78 is 0. The number of carboxylic acid groups (broad SMARTS) is 5. The van der Waals surface area contributed by atoms with Crippen molar-refractivity contribution in [3.63, 3.8) is 0 Å². The molecule has 0 fully saturated rings. The summed E-state index contributed by atoms with van der Waals surface area (Å²) in [5, 5.41) is 43.0. The zero-order valence-corrected chi connectivity index (χ0v) is 14.6. The first-order valence-electron chi connectivity index (χ1n) is 4.56. The minimum Gasteiger partial charge on any atom is -0.550 e. The third-order valence-corrected chi connectivity index (χ3v) is 0. The maximum Gasteiger partial charge on any atom is 2.00 e. The van der Waals surface area contributed by atoms with E-state index in [1.807, 2.05) is 0 Å². The SMILES string of the molecule is CC(=O)O.CC(=O)[O-].CC(=O)[O-].CC(=O)[O-].CC(=O)[O-].[Co+2].[Mn+2]. The van der Waals surface area contributed by atoms with Crippen LogP contribution in [0.3, 0.4) is 0 Å². The first-order chi connectivity index (χ1) is 8.66. The molecule has 22 heavy (non-hydrogen) atoms. The van der Waals surface area contributed by atoms with Gasteiger partial charge in [-0.15, -0.1) is 0 Å². The van der Waals surface area contributed by atoms with Gasteiger partial charge in [-0.3, -0.25) is 4.79 Å². The van der Waals surface area contributed by atoms with E-state index >= 15 is 0 Å². The Morgan fingerprint density at radius 1 is 0.591 bits per heavy atom. The second-order valence-electron chi connectivity index (χ2n) is 2.49. The summed E-state index contributed by atoms with van der Waals surface area (Å²) in [4.78, 5) is 44.6. The molecule has 0 heterocycles. The Hall–Kier alpha value is -1.62. The standard InChI is InChI=1S/5C2H4O2.Co.Mn/c5*1-2(3)4;;/h5*1H3,(H,3,4);;/q;;;;;2*+2/p-4. The second kappa shape index (κ2) is 36.6. The minimum atomic E-state index is -1.08. The molecule has 0 aliphatic carbocycles. The van der Waals surface area contributed by atoms with Crippen molar-refractivity contribution in [2.24, 2.45) is 0 Å². The fourth-order valence-electron chi connectivity index (χ4n) is 0. The summed E-state index contributed by atoms with van der Waals surface area (Å²) in [5.74, 6) is -5.17. The van der Waals surface area contributed by atoms with E-state index in [9.17, 15) is 0 Å². The van der Waals surface area contributed by atoms with E-state index in [1.165, 1.54) is 0 Å². The molecule has 0 saturated carbocycles. The molecule has 10 nitrogen and oxygen atoms in total. The van der Waals surface area contributed by atoms with Crippen LogP contribution in [0.2, 0.25) is 0 Å². The normalized spacial score (nSPS) is 5.68. The summed E-state index contributed by atoms with van der Waals surface area (Å²) in [7, 11) is 0. The molecule has 0 aliphatic heterocycles. The maximum atomic E-state index is 9.00. The largest absolute Gasteiger partial charge is 2.00 e. The van der Waals surface area contributed by atoms with Gasteiger partial charge in [-0.05, 0) is 27.7 Å². The van der Waals surface area contributed by atoms with Gasteiger partial charge in [-0.25, -0.2) is 0 Å². The number of hydrogen-bond acceptors (Lipinski definition) is 9. The van der Waals surface area contributed by atoms with Gasteiger partial charge in [0.2, 0.25) is 0 Å². The van der Waals surface area contributed by atoms with Gasteiger partial charge >= 0.3 is 33.8 Å². The Morgan fingerprint density at radius 3 is 0.591 bits per heavy atom. The topological polar surface area (TPSA) is 198 Å². The summed E-state index contributed by atoms with van der Waals surface area (Å²) in [6.07, 6.45) is 0. The molecular weight excluding hydrogens is 394 g/mol. The van der Waals surface area contributed by atoms with Crippen molar-refractivity contribution in [3.8, 4) is 0 Å². The van der Waals surface area contributed by atoms with Crippen LogP contribution in [0.5, 0.6) is 0 Å². The quantitative estimate of drug-likeness (QED) is 0.378. The van der Waals surface area contributed by atoms with Crippen LogP contribution in [0, 0.1) is 0 Å². The molecule has 0 unspecified atom stereocenters. The molecular formula is C10H16CoMnO10. The first kappa shape index (κ1) is 42.8. The molecule has 0 aromatic rings. The fourth-order valence-corrected chi connectivity index (χ4v) is 0. The van der Waals surface area contributed by atoms with Crippen LogP contribution in [-0.2, 0) is 57.8 Å². The van der Waals surface area contributed by atoms with Gasteiger partial charge in [0, 0.05) is 30.8 Å². The third kappa shape index (κ3) is 2100. The smallest absolute Gasteiger partial charge is 0.550 e. The summed E-state index contributed by atoms with van der Waals surface area (Å²) in [6.45, 7) is 4.97. The van der Waals surface area contributed by atoms with Crippen LogP contribution in [-0.4, -0.2) is 35.0 Å². The van der Waals surface area contributed by atoms with Crippen molar-refractivity contribution in [2.75, 3.05) is 0 Å². The number of hydrogen-bond donors (Lipinski definition) is 1. The summed E-state index contributed by atoms with van der Waals surface area (Å²) in [6, 6.07) is 0. The van der Waals surface area contributed by atoms with Crippen LogP contribution < -0.4 is 20.4 Å². The number of carbonyl (C=O) groups excluding carboxylic acids is 4. The minimum absolute atomic E-state index is 0. The van der Waals surface area contributed by atoms with Crippen LogP contribution in [0.1, 0.15) is 34.6 Å². The zero-order valence-electron chi connectivity index (χ0n) is 12.3. The molecule has 1 N–H and O–H groups in total. The molecule has 0 saturated heterocycles. The van der Waals surface area contributed by atoms with E-state index in [1.54, 1.807) is 0 Å². The van der Waals surface area contributed by atoms with E-state index < -0.39 is 29.8 Å². The van der Waals surface area contributed by atoms with E-state index in [0.717, 1.165) is 34.6 Å². The molecule has 0 amide bonds. The summed E-state index contributed by atoms with van der Waals surface area (Å²) >= 11 is 0. The van der Waals surface area contributed by atoms with E-state index in [2.05, 4.69) is 0 Å². The van der Waals surface area contributed by atoms with Crippen LogP contribution in [0.15, 0.2) is 0 Å². The van der Waals surface area contributed by atoms with Crippen molar-refractivity contribution < 1.29 is 83.4 Å². The summed E-state index contributed by atoms with van der Waals surface area (Å²) in [5.41, 5.74) is 0. The van der Waals surface area contributed by atoms with Gasteiger partial charge in [-0.2, -0.15) is 0 Å². The number of carboxylic acids is 5. The Balaban J connectivity index is -0.0000000250. The van der Waals surface area contributed by atoms with Crippen molar-refractivity contribution in [2.45, 2.75) is 34.6 Å². The molecule has 0 bridgehead atoms. The molecule has 12 heteroatoms. The van der Waals surface area contributed by atoms with Gasteiger partial charge < -0.3 is 44.7 Å². The molecule has 0 atom stereocenters. The van der Waals surface area contributed by atoms with Crippen LogP contribution in [0.4, 0.5) is 0 Å². The Bertz CT molecular complexity index is 216. The van der Waals surface area contributed by atoms with Gasteiger partial charge in [0.15, 0.2) is 0 Å². The molecule has 0 aromatic heterocycles. The Labute approximate surface area is 148 Å². The van der Waals surface area contributed by atoms with Crippen molar-refractivity contribution in [1.29, 1.82) is 0 Å². The third-order valence-electron chi connectivity index (χ3n) is 0. The van der Waals surface area contributed by atoms with Crippen LogP contribution >= 0.6 is 0 Å². The molecule has 2 radical (unpaired) electrons. The first-order valence-corrected chi connectivity index (χ1v) is 4.56. The average molecular weight is 410 g/mol. The van der Waals surface area contributed by atoms with E-state index in [4.69, 9.17) is 49.5 Å². The van der Waals surface area contributed by atoms with Crippen LogP contribution in [0.25, 0.3) is 0 Å². The molecule has 0 aliphatic rings. The van der Waals surface area contributed by atoms with Crippen molar-refractivity contribution in [1.82, 2.24) is 0 Å². The van der Waals surface area contributed by atoms with Crippen molar-refractivity contribution >= 4 is 29.8 Å². The maximum absolute atomic E-state index is 9.00. The van der Waals surface area contributed by atoms with Crippen molar-refractivity contribution in [3.05, 3.63) is 0 Å². The van der Waals surface area contributed by atoms with E-state index in [-0.39, 0.29) is 33.8 Å². The molecule has 132 valence electrons. The molecule has 0 spiro atoms.